The van der Waals surface area contributed by atoms with Crippen LogP contribution in [0.1, 0.15) is 118 Å². The highest BCUT2D eigenvalue weighted by Gasteiger charge is 2.60. The van der Waals surface area contributed by atoms with Gasteiger partial charge in [0.15, 0.2) is 0 Å². The smallest absolute Gasteiger partial charge is 0.326 e. The van der Waals surface area contributed by atoms with Crippen LogP contribution < -0.4 is 5.32 Å². The first-order valence-corrected chi connectivity index (χ1v) is 18.7. The lowest BCUT2D eigenvalue weighted by molar-refractivity contribution is -0.142. The summed E-state index contributed by atoms with van der Waals surface area (Å²) in [4.78, 5) is 57.9. The Balaban J connectivity index is 0.000000351. The molecule has 4 aliphatic rings. The molecule has 4 rings (SSSR count). The van der Waals surface area contributed by atoms with Gasteiger partial charge >= 0.3 is 19.5 Å². The molecule has 0 bridgehead atoms. The van der Waals surface area contributed by atoms with E-state index in [9.17, 15) is 18.9 Å². The zero-order valence-electron chi connectivity index (χ0n) is 27.7. The fourth-order valence-corrected chi connectivity index (χ4v) is 10.9. The van der Waals surface area contributed by atoms with Crippen molar-refractivity contribution in [2.75, 3.05) is 12.7 Å². The summed E-state index contributed by atoms with van der Waals surface area (Å²) in [6.07, 6.45) is 15.1. The Morgan fingerprint density at radius 3 is 2.13 bits per heavy atom. The maximum atomic E-state index is 12.0. The highest BCUT2D eigenvalue weighted by molar-refractivity contribution is 7.51. The van der Waals surface area contributed by atoms with Crippen molar-refractivity contribution in [3.63, 3.8) is 0 Å². The Hall–Kier alpha value is -1.97. The average molecular weight is 660 g/mol. The van der Waals surface area contributed by atoms with Crippen LogP contribution in [-0.4, -0.2) is 62.1 Å². The second-order valence-corrected chi connectivity index (χ2v) is 16.2. The van der Waals surface area contributed by atoms with E-state index in [4.69, 9.17) is 29.9 Å². The third kappa shape index (κ3) is 10.5. The topological polar surface area (TPSA) is 199 Å². The zero-order valence-corrected chi connectivity index (χ0v) is 28.6. The van der Waals surface area contributed by atoms with E-state index in [0.29, 0.717) is 16.7 Å². The lowest BCUT2D eigenvalue weighted by Gasteiger charge is -2.61. The number of carbonyl (C=O) groups is 4. The van der Waals surface area contributed by atoms with E-state index in [2.05, 4.69) is 26.1 Å². The van der Waals surface area contributed by atoms with Gasteiger partial charge in [-0.3, -0.25) is 23.7 Å². The van der Waals surface area contributed by atoms with Gasteiger partial charge in [0.05, 0.1) is 12.1 Å². The molecule has 12 heteroatoms. The van der Waals surface area contributed by atoms with Crippen LogP contribution in [0.15, 0.2) is 0 Å². The van der Waals surface area contributed by atoms with E-state index in [0.717, 1.165) is 49.0 Å². The summed E-state index contributed by atoms with van der Waals surface area (Å²) in [5.41, 5.74) is 1.20. The first-order chi connectivity index (χ1) is 21.0. The van der Waals surface area contributed by atoms with Gasteiger partial charge in [-0.05, 0) is 117 Å². The van der Waals surface area contributed by atoms with Crippen molar-refractivity contribution in [1.29, 1.82) is 0 Å². The fourth-order valence-electron chi connectivity index (χ4n) is 9.99. The van der Waals surface area contributed by atoms with Crippen LogP contribution in [0, 0.1) is 52.3 Å². The van der Waals surface area contributed by atoms with Gasteiger partial charge in [0, 0.05) is 19.4 Å². The molecule has 11 nitrogen and oxygen atoms in total. The molecular formula is C33H58NO10P. The van der Waals surface area contributed by atoms with E-state index in [1.165, 1.54) is 64.2 Å². The van der Waals surface area contributed by atoms with Crippen molar-refractivity contribution >= 4 is 31.9 Å². The summed E-state index contributed by atoms with van der Waals surface area (Å²) in [5.74, 6) is 1.88. The number of hydrogen-bond donors (Lipinski definition) is 6. The SMILES string of the molecule is CCNC(=O)CC[C@@H](C)C1CCC2C3CCC4CCCCC4(C)C3CCC21C.O=C(O)CCC(CP(=O)(O)O)C(=O)O.O=CO. The average Bonchev–Trinajstić information content (AvgIpc) is 3.31. The Labute approximate surface area is 268 Å². The number of fused-ring (bicyclic) bond motifs is 5. The molecule has 0 aromatic carbocycles. The molecule has 4 aliphatic carbocycles. The van der Waals surface area contributed by atoms with Crippen molar-refractivity contribution in [2.45, 2.75) is 118 Å². The van der Waals surface area contributed by atoms with Crippen molar-refractivity contribution in [3.8, 4) is 0 Å². The predicted octanol–water partition coefficient (Wildman–Crippen LogP) is 6.02. The maximum absolute atomic E-state index is 12.0. The number of rotatable bonds is 11. The van der Waals surface area contributed by atoms with E-state index in [1.807, 2.05) is 6.92 Å². The molecule has 45 heavy (non-hydrogen) atoms. The molecule has 1 amide bonds. The van der Waals surface area contributed by atoms with Crippen LogP contribution in [0.3, 0.4) is 0 Å². The monoisotopic (exact) mass is 659 g/mol. The normalized spacial score (nSPS) is 33.2. The standard InChI is InChI=1S/C26H45NO.C6H11O7P.CH2O2/c1-5-27-24(28)14-9-18(2)21-12-13-22-20-11-10-19-8-6-7-16-25(19,3)23(20)15-17-26(21,22)4;7-5(8)2-1-4(6(9)10)3-14(11,12)13;2-1-3/h18-23H,5-17H2,1-4H3,(H,27,28);4H,1-3H2,(H,7,8)(H,9,10)(H2,11,12,13);1H,(H,2,3)/t18-,19?,20?,21?,22?,23?,25?,26?;;/m1../s1. The van der Waals surface area contributed by atoms with E-state index in [1.54, 1.807) is 0 Å². The van der Waals surface area contributed by atoms with E-state index < -0.39 is 38.0 Å². The van der Waals surface area contributed by atoms with Gasteiger partial charge in [-0.1, -0.05) is 33.6 Å². The van der Waals surface area contributed by atoms with Crippen LogP contribution in [0.2, 0.25) is 0 Å². The number of amides is 1. The van der Waals surface area contributed by atoms with Gasteiger partial charge in [-0.25, -0.2) is 0 Å². The van der Waals surface area contributed by atoms with Gasteiger partial charge in [-0.2, -0.15) is 0 Å². The molecule has 0 aromatic rings. The molecule has 0 aromatic heterocycles. The lowest BCUT2D eigenvalue weighted by Crippen LogP contribution is -2.53. The van der Waals surface area contributed by atoms with Gasteiger partial charge in [0.25, 0.3) is 6.47 Å². The number of carboxylic acids is 2. The molecule has 6 N–H and O–H groups in total. The van der Waals surface area contributed by atoms with Crippen molar-refractivity contribution in [2.24, 2.45) is 52.3 Å². The van der Waals surface area contributed by atoms with Crippen molar-refractivity contribution in [1.82, 2.24) is 5.32 Å². The molecule has 0 radical (unpaired) electrons. The molecular weight excluding hydrogens is 601 g/mol. The number of aliphatic carboxylic acids is 2. The molecule has 260 valence electrons. The zero-order chi connectivity index (χ0) is 34.0. The Morgan fingerprint density at radius 1 is 0.911 bits per heavy atom. The highest BCUT2D eigenvalue weighted by Crippen LogP contribution is 2.68. The molecule has 0 saturated heterocycles. The van der Waals surface area contributed by atoms with Crippen molar-refractivity contribution < 1.29 is 48.8 Å². The molecule has 0 heterocycles. The lowest BCUT2D eigenvalue weighted by atomic mass is 9.44. The summed E-state index contributed by atoms with van der Waals surface area (Å²) in [6, 6.07) is 0. The minimum atomic E-state index is -4.41. The van der Waals surface area contributed by atoms with Crippen LogP contribution in [0.25, 0.3) is 0 Å². The Morgan fingerprint density at radius 2 is 1.56 bits per heavy atom. The van der Waals surface area contributed by atoms with Crippen LogP contribution >= 0.6 is 7.60 Å². The molecule has 4 saturated carbocycles. The minimum absolute atomic E-state index is 0.250. The largest absolute Gasteiger partial charge is 0.483 e. The first kappa shape index (κ1) is 39.2. The van der Waals surface area contributed by atoms with Gasteiger partial charge in [0.2, 0.25) is 5.91 Å². The third-order valence-electron chi connectivity index (χ3n) is 12.1. The van der Waals surface area contributed by atoms with Crippen LogP contribution in [0.5, 0.6) is 0 Å². The summed E-state index contributed by atoms with van der Waals surface area (Å²) in [7, 11) is -4.41. The second kappa shape index (κ2) is 17.3. The summed E-state index contributed by atoms with van der Waals surface area (Å²) in [5, 5.41) is 26.6. The summed E-state index contributed by atoms with van der Waals surface area (Å²) < 4.78 is 10.5. The van der Waals surface area contributed by atoms with Crippen LogP contribution in [-0.2, 0) is 23.7 Å². The maximum Gasteiger partial charge on any atom is 0.326 e. The summed E-state index contributed by atoms with van der Waals surface area (Å²) in [6.45, 7) is 10.3. The Kier molecular flexibility index (Phi) is 15.0. The molecule has 0 aliphatic heterocycles. The molecule has 9 atom stereocenters. The number of hydrogen-bond acceptors (Lipinski definition) is 5. The van der Waals surface area contributed by atoms with E-state index >= 15 is 0 Å². The second-order valence-electron chi connectivity index (χ2n) is 14.5. The van der Waals surface area contributed by atoms with Gasteiger partial charge in [0.1, 0.15) is 0 Å². The fraction of sp³-hybridized carbons (Fsp3) is 0.879. The number of carboxylic acid groups (broad SMARTS) is 3. The molecule has 0 spiro atoms. The first-order valence-electron chi connectivity index (χ1n) is 16.9. The van der Waals surface area contributed by atoms with Crippen molar-refractivity contribution in [3.05, 3.63) is 0 Å². The number of carbonyl (C=O) groups excluding carboxylic acids is 1. The van der Waals surface area contributed by atoms with Gasteiger partial charge in [-0.15, -0.1) is 0 Å². The van der Waals surface area contributed by atoms with Gasteiger partial charge < -0.3 is 30.4 Å². The molecule has 4 fully saturated rings. The molecule has 8 unspecified atom stereocenters. The Bertz CT molecular complexity index is 1050. The number of nitrogens with one attached hydrogen (secondary N) is 1. The van der Waals surface area contributed by atoms with E-state index in [-0.39, 0.29) is 18.8 Å². The third-order valence-corrected chi connectivity index (χ3v) is 13.0. The quantitative estimate of drug-likeness (QED) is 0.113. The predicted molar refractivity (Wildman–Crippen MR) is 171 cm³/mol. The summed E-state index contributed by atoms with van der Waals surface area (Å²) >= 11 is 0. The minimum Gasteiger partial charge on any atom is -0.483 e. The van der Waals surface area contributed by atoms with Crippen LogP contribution in [0.4, 0.5) is 0 Å². The highest BCUT2D eigenvalue weighted by atomic mass is 31.2.